The molecule has 3 aromatic carbocycles. The number of amides is 1. The first-order valence-electron chi connectivity index (χ1n) is 12.3. The van der Waals surface area contributed by atoms with E-state index in [-0.39, 0.29) is 12.3 Å². The van der Waals surface area contributed by atoms with E-state index < -0.39 is 0 Å². The third-order valence-electron chi connectivity index (χ3n) is 6.83. The molecule has 1 fully saturated rings. The molecule has 0 radical (unpaired) electrons. The fourth-order valence-corrected chi connectivity index (χ4v) is 4.77. The molecule has 2 heterocycles. The van der Waals surface area contributed by atoms with Crippen LogP contribution in [0.1, 0.15) is 24.0 Å². The summed E-state index contributed by atoms with van der Waals surface area (Å²) in [5, 5.41) is 3.05. The number of likely N-dealkylation sites (tertiary alicyclic amines) is 1. The van der Waals surface area contributed by atoms with Crippen molar-refractivity contribution < 1.29 is 14.3 Å². The number of piperidine rings is 1. The fourth-order valence-electron chi connectivity index (χ4n) is 4.77. The highest BCUT2D eigenvalue weighted by atomic mass is 16.5. The van der Waals surface area contributed by atoms with Gasteiger partial charge in [-0.05, 0) is 75.0 Å². The van der Waals surface area contributed by atoms with Crippen LogP contribution in [0.2, 0.25) is 0 Å². The van der Waals surface area contributed by atoms with Crippen molar-refractivity contribution >= 4 is 23.1 Å². The number of benzene rings is 3. The maximum Gasteiger partial charge on any atom is 0.228 e. The monoisotopic (exact) mass is 484 g/mol. The number of para-hydroxylation sites is 2. The van der Waals surface area contributed by atoms with Gasteiger partial charge < -0.3 is 24.6 Å². The molecule has 2 aliphatic heterocycles. The Hall–Kier alpha value is -3.84. The summed E-state index contributed by atoms with van der Waals surface area (Å²) in [4.78, 5) is 22.5. The van der Waals surface area contributed by atoms with Crippen molar-refractivity contribution in [1.29, 1.82) is 0 Å². The minimum absolute atomic E-state index is 0.0803. The summed E-state index contributed by atoms with van der Waals surface area (Å²) in [6.45, 7) is 1.83. The number of nitrogens with zero attached hydrogens (tertiary/aromatic N) is 3. The van der Waals surface area contributed by atoms with Crippen molar-refractivity contribution in [2.45, 2.75) is 25.3 Å². The number of hydrogen-bond acceptors (Lipinski definition) is 6. The maximum atomic E-state index is 12.8. The molecule has 1 N–H and O–H groups in total. The van der Waals surface area contributed by atoms with Crippen LogP contribution in [-0.4, -0.2) is 61.9 Å². The number of hydrogen-bond donors (Lipinski definition) is 1. The molecule has 0 saturated carbocycles. The van der Waals surface area contributed by atoms with Crippen LogP contribution in [0.15, 0.2) is 71.7 Å². The largest absolute Gasteiger partial charge is 0.497 e. The van der Waals surface area contributed by atoms with Gasteiger partial charge in [0, 0.05) is 24.8 Å². The van der Waals surface area contributed by atoms with Gasteiger partial charge in [-0.25, -0.2) is 4.99 Å². The Kier molecular flexibility index (Phi) is 6.91. The molecule has 1 amide bonds. The van der Waals surface area contributed by atoms with Gasteiger partial charge in [0.1, 0.15) is 23.0 Å². The molecular weight excluding hydrogens is 452 g/mol. The van der Waals surface area contributed by atoms with Gasteiger partial charge in [-0.15, -0.1) is 0 Å². The lowest BCUT2D eigenvalue weighted by Crippen LogP contribution is -2.44. The van der Waals surface area contributed by atoms with Gasteiger partial charge in [-0.1, -0.05) is 24.3 Å². The molecule has 7 heteroatoms. The number of aliphatic imine (C=N–C) groups is 1. The number of nitrogens with one attached hydrogen (secondary N) is 1. The average molecular weight is 485 g/mol. The van der Waals surface area contributed by atoms with Crippen molar-refractivity contribution in [3.05, 3.63) is 77.9 Å². The summed E-state index contributed by atoms with van der Waals surface area (Å²) in [7, 11) is 5.91. The lowest BCUT2D eigenvalue weighted by Gasteiger charge is -2.37. The number of ether oxygens (including phenoxy) is 2. The molecule has 3 aromatic rings. The van der Waals surface area contributed by atoms with Gasteiger partial charge in [0.05, 0.1) is 19.1 Å². The highest BCUT2D eigenvalue weighted by Crippen LogP contribution is 2.39. The van der Waals surface area contributed by atoms with Crippen LogP contribution in [-0.2, 0) is 11.2 Å². The molecule has 0 atom stereocenters. The summed E-state index contributed by atoms with van der Waals surface area (Å²) >= 11 is 0. The zero-order chi connectivity index (χ0) is 25.1. The predicted molar refractivity (Wildman–Crippen MR) is 143 cm³/mol. The molecular formula is C29H32N4O3. The normalized spacial score (nSPS) is 15.3. The molecule has 0 bridgehead atoms. The number of amidine groups is 1. The van der Waals surface area contributed by atoms with Crippen LogP contribution < -0.4 is 14.8 Å². The average Bonchev–Trinajstić information content (AvgIpc) is 3.06. The van der Waals surface area contributed by atoms with E-state index in [0.29, 0.717) is 6.04 Å². The van der Waals surface area contributed by atoms with Gasteiger partial charge >= 0.3 is 0 Å². The summed E-state index contributed by atoms with van der Waals surface area (Å²) in [6, 6.07) is 21.7. The number of carbonyl (C=O) groups is 1. The predicted octanol–water partition coefficient (Wildman–Crippen LogP) is 5.09. The molecule has 0 aromatic heterocycles. The molecule has 2 aliphatic rings. The lowest BCUT2D eigenvalue weighted by molar-refractivity contribution is -0.115. The van der Waals surface area contributed by atoms with Crippen molar-refractivity contribution in [2.24, 2.45) is 4.99 Å². The van der Waals surface area contributed by atoms with Crippen molar-refractivity contribution in [3.8, 4) is 17.2 Å². The Morgan fingerprint density at radius 2 is 1.81 bits per heavy atom. The molecule has 36 heavy (non-hydrogen) atoms. The van der Waals surface area contributed by atoms with Gasteiger partial charge in [0.15, 0.2) is 5.75 Å². The third kappa shape index (κ3) is 5.21. The highest BCUT2D eigenvalue weighted by molar-refractivity contribution is 6.05. The molecule has 0 spiro atoms. The number of carbonyl (C=O) groups excluding carboxylic acids is 1. The Labute approximate surface area is 212 Å². The van der Waals surface area contributed by atoms with Crippen LogP contribution in [0.4, 0.5) is 11.4 Å². The smallest absolute Gasteiger partial charge is 0.228 e. The summed E-state index contributed by atoms with van der Waals surface area (Å²) in [5.41, 5.74) is 3.34. The number of fused-ring (bicyclic) bond motifs is 2. The molecule has 1 saturated heterocycles. The molecule has 0 unspecified atom stereocenters. The van der Waals surface area contributed by atoms with E-state index in [4.69, 9.17) is 14.5 Å². The number of rotatable bonds is 5. The van der Waals surface area contributed by atoms with Crippen LogP contribution >= 0.6 is 0 Å². The first-order valence-corrected chi connectivity index (χ1v) is 12.3. The van der Waals surface area contributed by atoms with Crippen LogP contribution in [0.3, 0.4) is 0 Å². The summed E-state index contributed by atoms with van der Waals surface area (Å²) < 4.78 is 11.5. The highest BCUT2D eigenvalue weighted by Gasteiger charge is 2.27. The Morgan fingerprint density at radius 3 is 2.53 bits per heavy atom. The Morgan fingerprint density at radius 1 is 1.06 bits per heavy atom. The van der Waals surface area contributed by atoms with E-state index in [2.05, 4.69) is 29.2 Å². The topological polar surface area (TPSA) is 66.4 Å². The second-order valence-electron chi connectivity index (χ2n) is 9.47. The van der Waals surface area contributed by atoms with Gasteiger partial charge in [0.2, 0.25) is 5.91 Å². The van der Waals surface area contributed by atoms with Crippen molar-refractivity contribution in [2.75, 3.05) is 39.6 Å². The first-order chi connectivity index (χ1) is 17.5. The second kappa shape index (κ2) is 10.4. The summed E-state index contributed by atoms with van der Waals surface area (Å²) in [6.07, 6.45) is 2.42. The van der Waals surface area contributed by atoms with E-state index in [0.717, 1.165) is 71.5 Å². The van der Waals surface area contributed by atoms with Crippen molar-refractivity contribution in [1.82, 2.24) is 9.80 Å². The minimum Gasteiger partial charge on any atom is -0.497 e. The minimum atomic E-state index is -0.0803. The van der Waals surface area contributed by atoms with Crippen LogP contribution in [0.5, 0.6) is 17.2 Å². The lowest BCUT2D eigenvalue weighted by atomic mass is 10.0. The van der Waals surface area contributed by atoms with E-state index in [1.165, 1.54) is 0 Å². The number of methoxy groups -OCH3 is 1. The molecule has 186 valence electrons. The van der Waals surface area contributed by atoms with Gasteiger partial charge in [0.25, 0.3) is 0 Å². The van der Waals surface area contributed by atoms with E-state index in [9.17, 15) is 4.79 Å². The quantitative estimate of drug-likeness (QED) is 0.547. The standard InChI is InChI=1S/C29H32N4O3/c1-32(2)22-14-16-33(17-15-22)29-24-19-21(30-28(34)18-20-8-11-23(35-3)12-9-20)10-13-26(24)36-27-7-5-4-6-25(27)31-29/h4-13,19,22H,14-18H2,1-3H3,(H,30,34). The first kappa shape index (κ1) is 23.9. The Bertz CT molecular complexity index is 1260. The zero-order valence-electron chi connectivity index (χ0n) is 21.0. The molecule has 7 nitrogen and oxygen atoms in total. The number of anilines is 1. The van der Waals surface area contributed by atoms with Gasteiger partial charge in [-0.2, -0.15) is 0 Å². The van der Waals surface area contributed by atoms with Gasteiger partial charge in [-0.3, -0.25) is 4.79 Å². The van der Waals surface area contributed by atoms with Crippen LogP contribution in [0.25, 0.3) is 0 Å². The van der Waals surface area contributed by atoms with E-state index >= 15 is 0 Å². The fraction of sp³-hybridized carbons (Fsp3) is 0.310. The summed E-state index contributed by atoms with van der Waals surface area (Å²) in [5.74, 6) is 3.05. The van der Waals surface area contributed by atoms with Crippen LogP contribution in [0, 0.1) is 0 Å². The third-order valence-corrected chi connectivity index (χ3v) is 6.83. The Balaban J connectivity index is 1.41. The van der Waals surface area contributed by atoms with E-state index in [1.807, 2.05) is 66.7 Å². The SMILES string of the molecule is COc1ccc(CC(=O)Nc2ccc3c(c2)C(N2CCC(N(C)C)CC2)=Nc2ccccc2O3)cc1. The van der Waals surface area contributed by atoms with Crippen molar-refractivity contribution in [3.63, 3.8) is 0 Å². The second-order valence-corrected chi connectivity index (χ2v) is 9.47. The van der Waals surface area contributed by atoms with E-state index in [1.54, 1.807) is 7.11 Å². The maximum absolute atomic E-state index is 12.8. The molecule has 0 aliphatic carbocycles. The molecule has 5 rings (SSSR count). The zero-order valence-corrected chi connectivity index (χ0v) is 21.0.